The molecule has 0 aliphatic rings. The molecule has 2 atom stereocenters. The van der Waals surface area contributed by atoms with Crippen LogP contribution in [0, 0.1) is 11.3 Å². The Hall–Kier alpha value is -4.90. The van der Waals surface area contributed by atoms with Gasteiger partial charge in [0.25, 0.3) is 0 Å². The lowest BCUT2D eigenvalue weighted by atomic mass is 9.81. The highest BCUT2D eigenvalue weighted by Gasteiger charge is 2.31. The predicted octanol–water partition coefficient (Wildman–Crippen LogP) is 2.99. The third-order valence-corrected chi connectivity index (χ3v) is 7.45. The molecule has 0 fully saturated rings. The molecule has 0 saturated heterocycles. The van der Waals surface area contributed by atoms with Crippen LogP contribution in [0.4, 0.5) is 0 Å². The fourth-order valence-corrected chi connectivity index (χ4v) is 4.31. The van der Waals surface area contributed by atoms with Gasteiger partial charge in [0.15, 0.2) is 0 Å². The van der Waals surface area contributed by atoms with Gasteiger partial charge in [-0.2, -0.15) is 0 Å². The van der Waals surface area contributed by atoms with Crippen molar-refractivity contribution < 1.29 is 24.9 Å². The number of imidazole rings is 1. The fraction of sp³-hybridized carbons (Fsp3) is 0.267. The highest BCUT2D eigenvalue weighted by molar-refractivity contribution is 5.98. The van der Waals surface area contributed by atoms with E-state index in [1.165, 1.54) is 13.0 Å². The summed E-state index contributed by atoms with van der Waals surface area (Å²) in [5, 5.41) is 42.5. The highest BCUT2D eigenvalue weighted by Crippen LogP contribution is 2.44. The van der Waals surface area contributed by atoms with Gasteiger partial charge in [0, 0.05) is 23.2 Å². The van der Waals surface area contributed by atoms with Crippen molar-refractivity contribution in [3.63, 3.8) is 0 Å². The van der Waals surface area contributed by atoms with Crippen molar-refractivity contribution in [3.05, 3.63) is 65.2 Å². The number of hydrogen-bond acceptors (Lipinski definition) is 7. The molecule has 0 spiro atoms. The van der Waals surface area contributed by atoms with Gasteiger partial charge in [0.1, 0.15) is 23.2 Å². The predicted molar refractivity (Wildman–Crippen MR) is 156 cm³/mol. The Morgan fingerprint density at radius 1 is 1.02 bits per heavy atom. The van der Waals surface area contributed by atoms with Gasteiger partial charge in [-0.1, -0.05) is 13.0 Å². The van der Waals surface area contributed by atoms with Gasteiger partial charge in [0.05, 0.1) is 34.0 Å². The van der Waals surface area contributed by atoms with E-state index in [0.717, 1.165) is 0 Å². The number of hydrogen-bond donors (Lipinski definition) is 8. The summed E-state index contributed by atoms with van der Waals surface area (Å²) in [4.78, 5) is 32.5. The van der Waals surface area contributed by atoms with E-state index in [4.69, 9.17) is 16.9 Å². The van der Waals surface area contributed by atoms with E-state index in [9.17, 15) is 24.9 Å². The maximum absolute atomic E-state index is 12.4. The van der Waals surface area contributed by atoms with Gasteiger partial charge >= 0.3 is 0 Å². The Morgan fingerprint density at radius 2 is 1.71 bits per heavy atom. The monoisotopic (exact) mass is 558 g/mol. The van der Waals surface area contributed by atoms with Crippen molar-refractivity contribution in [1.82, 2.24) is 15.3 Å². The van der Waals surface area contributed by atoms with Crippen LogP contribution in [0.1, 0.15) is 44.4 Å². The third kappa shape index (κ3) is 5.71. The van der Waals surface area contributed by atoms with Gasteiger partial charge in [-0.25, -0.2) is 4.98 Å². The van der Waals surface area contributed by atoms with E-state index in [2.05, 4.69) is 15.3 Å². The Labute approximate surface area is 236 Å². The number of aliphatic hydroxyl groups is 1. The van der Waals surface area contributed by atoms with E-state index in [0.29, 0.717) is 27.7 Å². The van der Waals surface area contributed by atoms with Crippen LogP contribution in [0.2, 0.25) is 0 Å². The largest absolute Gasteiger partial charge is 0.507 e. The first kappa shape index (κ1) is 29.1. The number of nitrogen functional groups attached to an aromatic ring is 1. The van der Waals surface area contributed by atoms with E-state index < -0.39 is 23.3 Å². The number of amidine groups is 1. The number of nitrogens with zero attached hydrogens (tertiary/aromatic N) is 1. The lowest BCUT2D eigenvalue weighted by Crippen LogP contribution is -2.35. The minimum Gasteiger partial charge on any atom is -0.507 e. The molecule has 0 radical (unpaired) electrons. The summed E-state index contributed by atoms with van der Waals surface area (Å²) in [6, 6.07) is 12.9. The second-order valence-electron chi connectivity index (χ2n) is 10.7. The Kier molecular flexibility index (Phi) is 7.76. The van der Waals surface area contributed by atoms with Crippen molar-refractivity contribution in [3.8, 4) is 34.0 Å². The summed E-state index contributed by atoms with van der Waals surface area (Å²) in [6.45, 7) is 6.58. The maximum atomic E-state index is 12.4. The van der Waals surface area contributed by atoms with Crippen LogP contribution in [0.15, 0.2) is 48.5 Å². The number of aliphatic hydroxyl groups excluding tert-OH is 1. The van der Waals surface area contributed by atoms with Gasteiger partial charge in [-0.15, -0.1) is 0 Å². The van der Waals surface area contributed by atoms with E-state index in [1.54, 1.807) is 63.2 Å². The molecule has 4 rings (SSSR count). The molecule has 1 heterocycles. The average molecular weight is 559 g/mol. The number of aromatic amines is 1. The Balaban J connectivity index is 1.86. The number of phenolic OH excluding ortho intramolecular Hbond substituents is 2. The SMILES string of the molecule is C[C@H](C(=O)NCc1ccc(O)c(-c2cc(C(C)(C)C(N)=O)cc(-c3nc4ccc(C(=N)N)cc4[nH]3)c2O)c1)[C@@H](C)O. The second kappa shape index (κ2) is 10.9. The molecule has 1 aromatic heterocycles. The molecule has 4 aromatic rings. The lowest BCUT2D eigenvalue weighted by Gasteiger charge is -2.24. The van der Waals surface area contributed by atoms with Crippen LogP contribution >= 0.6 is 0 Å². The molecule has 3 aromatic carbocycles. The topological polar surface area (TPSA) is 211 Å². The number of fused-ring (bicyclic) bond motifs is 1. The summed E-state index contributed by atoms with van der Waals surface area (Å²) in [6.07, 6.45) is -0.815. The van der Waals surface area contributed by atoms with E-state index in [-0.39, 0.29) is 52.3 Å². The zero-order valence-electron chi connectivity index (χ0n) is 23.2. The molecule has 0 unspecified atom stereocenters. The quantitative estimate of drug-likeness (QED) is 0.113. The summed E-state index contributed by atoms with van der Waals surface area (Å²) in [7, 11) is 0. The minimum absolute atomic E-state index is 0.106. The molecule has 0 aliphatic heterocycles. The highest BCUT2D eigenvalue weighted by atomic mass is 16.3. The van der Waals surface area contributed by atoms with E-state index >= 15 is 0 Å². The summed E-state index contributed by atoms with van der Waals surface area (Å²) >= 11 is 0. The van der Waals surface area contributed by atoms with Gasteiger partial charge in [-0.05, 0) is 74.4 Å². The number of rotatable bonds is 9. The zero-order chi connectivity index (χ0) is 30.2. The number of aromatic nitrogens is 2. The zero-order valence-corrected chi connectivity index (χ0v) is 23.2. The first-order chi connectivity index (χ1) is 19.2. The summed E-state index contributed by atoms with van der Waals surface area (Å²) in [5.41, 5.74) is 13.7. The normalized spacial score (nSPS) is 13.1. The first-order valence-electron chi connectivity index (χ1n) is 13.0. The number of carbonyl (C=O) groups is 2. The number of primary amides is 1. The maximum Gasteiger partial charge on any atom is 0.227 e. The lowest BCUT2D eigenvalue weighted by molar-refractivity contribution is -0.127. The van der Waals surface area contributed by atoms with E-state index in [1.807, 2.05) is 0 Å². The van der Waals surface area contributed by atoms with Crippen LogP contribution in [-0.2, 0) is 21.5 Å². The molecule has 41 heavy (non-hydrogen) atoms. The summed E-state index contributed by atoms with van der Waals surface area (Å²) < 4.78 is 0. The molecule has 214 valence electrons. The number of carbonyl (C=O) groups excluding carboxylic acids is 2. The standard InChI is InChI=1S/C30H34N6O5/c1-14(15(2)37)28(40)34-13-16-5-8-24(38)19(9-16)20-11-18(30(3,4)29(33)41)12-21(25(20)39)27-35-22-7-6-17(26(31)32)10-23(22)36-27/h5-12,14-15,37-39H,13H2,1-4H3,(H3,31,32)(H2,33,41)(H,34,40)(H,35,36)/t14-,15+/m0/s1. The van der Waals surface area contributed by atoms with Crippen molar-refractivity contribution in [1.29, 1.82) is 5.41 Å². The number of aromatic hydroxyl groups is 2. The smallest absolute Gasteiger partial charge is 0.227 e. The molecular weight excluding hydrogens is 524 g/mol. The molecular formula is C30H34N6O5. The van der Waals surface area contributed by atoms with Crippen molar-refractivity contribution in [2.24, 2.45) is 17.4 Å². The fourth-order valence-electron chi connectivity index (χ4n) is 4.31. The molecule has 2 amide bonds. The second-order valence-corrected chi connectivity index (χ2v) is 10.7. The number of nitrogens with one attached hydrogen (secondary N) is 3. The number of amides is 2. The number of H-pyrrole nitrogens is 1. The van der Waals surface area contributed by atoms with Crippen LogP contribution < -0.4 is 16.8 Å². The Morgan fingerprint density at radius 3 is 2.34 bits per heavy atom. The summed E-state index contributed by atoms with van der Waals surface area (Å²) in [5.74, 6) is -1.70. The van der Waals surface area contributed by atoms with Gasteiger partial charge in [0.2, 0.25) is 11.8 Å². The van der Waals surface area contributed by atoms with Crippen LogP contribution in [0.5, 0.6) is 11.5 Å². The molecule has 0 aliphatic carbocycles. The van der Waals surface area contributed by atoms with Crippen LogP contribution in [0.25, 0.3) is 33.5 Å². The number of benzene rings is 3. The van der Waals surface area contributed by atoms with Gasteiger partial charge in [-0.3, -0.25) is 15.0 Å². The number of phenols is 2. The van der Waals surface area contributed by atoms with Crippen LogP contribution in [-0.4, -0.2) is 49.0 Å². The Bertz CT molecular complexity index is 1670. The molecule has 10 N–H and O–H groups in total. The van der Waals surface area contributed by atoms with Crippen molar-refractivity contribution in [2.75, 3.05) is 0 Å². The minimum atomic E-state index is -1.15. The van der Waals surface area contributed by atoms with Crippen LogP contribution in [0.3, 0.4) is 0 Å². The van der Waals surface area contributed by atoms with Crippen molar-refractivity contribution >= 4 is 28.7 Å². The first-order valence-corrected chi connectivity index (χ1v) is 13.0. The molecule has 11 heteroatoms. The molecule has 11 nitrogen and oxygen atoms in total. The van der Waals surface area contributed by atoms with Gasteiger partial charge < -0.3 is 37.1 Å². The third-order valence-electron chi connectivity index (χ3n) is 7.45. The molecule has 0 saturated carbocycles. The number of nitrogens with two attached hydrogens (primary N) is 2. The van der Waals surface area contributed by atoms with Crippen molar-refractivity contribution in [2.45, 2.75) is 45.8 Å². The molecule has 0 bridgehead atoms. The average Bonchev–Trinajstić information content (AvgIpc) is 3.35.